The van der Waals surface area contributed by atoms with Crippen LogP contribution in [0.15, 0.2) is 16.7 Å². The first-order chi connectivity index (χ1) is 8.69. The number of ether oxygens (including phenoxy) is 1. The highest BCUT2D eigenvalue weighted by Gasteiger charge is 2.23. The monoisotopic (exact) mass is 252 g/mol. The molecule has 2 unspecified atom stereocenters. The van der Waals surface area contributed by atoms with Gasteiger partial charge in [-0.3, -0.25) is 4.90 Å². The Kier molecular flexibility index (Phi) is 4.80. The van der Waals surface area contributed by atoms with E-state index in [4.69, 9.17) is 9.15 Å². The van der Waals surface area contributed by atoms with E-state index in [1.807, 2.05) is 0 Å². The van der Waals surface area contributed by atoms with Gasteiger partial charge in [-0.25, -0.2) is 0 Å². The van der Waals surface area contributed by atoms with E-state index >= 15 is 0 Å². The van der Waals surface area contributed by atoms with Crippen LogP contribution in [0.2, 0.25) is 0 Å². The molecule has 1 aliphatic rings. The van der Waals surface area contributed by atoms with Gasteiger partial charge in [-0.15, -0.1) is 0 Å². The molecule has 0 spiro atoms. The highest BCUT2D eigenvalue weighted by Crippen LogP contribution is 2.17. The van der Waals surface area contributed by atoms with Crippen molar-refractivity contribution >= 4 is 0 Å². The summed E-state index contributed by atoms with van der Waals surface area (Å²) in [5.74, 6) is 1.06. The summed E-state index contributed by atoms with van der Waals surface area (Å²) >= 11 is 0. The van der Waals surface area contributed by atoms with Gasteiger partial charge in [-0.05, 0) is 26.5 Å². The molecule has 0 radical (unpaired) electrons. The van der Waals surface area contributed by atoms with Gasteiger partial charge in [-0.2, -0.15) is 0 Å². The SMILES string of the molecule is CCNCc1occc1CN1CC(C)OC(C)C1. The average molecular weight is 252 g/mol. The zero-order valence-electron chi connectivity index (χ0n) is 11.6. The van der Waals surface area contributed by atoms with Crippen LogP contribution in [0, 0.1) is 0 Å². The van der Waals surface area contributed by atoms with Gasteiger partial charge < -0.3 is 14.5 Å². The van der Waals surface area contributed by atoms with Crippen molar-refractivity contribution in [3.05, 3.63) is 23.7 Å². The lowest BCUT2D eigenvalue weighted by Crippen LogP contribution is -2.44. The van der Waals surface area contributed by atoms with E-state index in [1.54, 1.807) is 6.26 Å². The van der Waals surface area contributed by atoms with E-state index in [9.17, 15) is 0 Å². The Morgan fingerprint density at radius 2 is 2.06 bits per heavy atom. The molecule has 2 rings (SSSR count). The van der Waals surface area contributed by atoms with Crippen molar-refractivity contribution in [3.8, 4) is 0 Å². The Labute approximate surface area is 109 Å². The van der Waals surface area contributed by atoms with Gasteiger partial charge in [-0.1, -0.05) is 6.92 Å². The third-order valence-electron chi connectivity index (χ3n) is 3.26. The average Bonchev–Trinajstić information content (AvgIpc) is 2.72. The second-order valence-corrected chi connectivity index (χ2v) is 5.10. The molecule has 1 saturated heterocycles. The third-order valence-corrected chi connectivity index (χ3v) is 3.26. The molecule has 0 bridgehead atoms. The van der Waals surface area contributed by atoms with Crippen molar-refractivity contribution in [1.29, 1.82) is 0 Å². The summed E-state index contributed by atoms with van der Waals surface area (Å²) in [5.41, 5.74) is 1.29. The lowest BCUT2D eigenvalue weighted by Gasteiger charge is -2.35. The van der Waals surface area contributed by atoms with Gasteiger partial charge in [0.25, 0.3) is 0 Å². The summed E-state index contributed by atoms with van der Waals surface area (Å²) in [7, 11) is 0. The lowest BCUT2D eigenvalue weighted by molar-refractivity contribution is -0.0706. The molecular formula is C14H24N2O2. The maximum Gasteiger partial charge on any atom is 0.122 e. The highest BCUT2D eigenvalue weighted by molar-refractivity contribution is 5.17. The summed E-state index contributed by atoms with van der Waals surface area (Å²) in [6, 6.07) is 2.08. The maximum absolute atomic E-state index is 5.75. The molecule has 18 heavy (non-hydrogen) atoms. The summed E-state index contributed by atoms with van der Waals surface area (Å²) in [6.45, 7) is 11.1. The van der Waals surface area contributed by atoms with Crippen LogP contribution in [0.1, 0.15) is 32.1 Å². The zero-order chi connectivity index (χ0) is 13.0. The molecule has 0 aromatic carbocycles. The molecule has 2 heterocycles. The van der Waals surface area contributed by atoms with Crippen LogP contribution in [0.5, 0.6) is 0 Å². The molecule has 4 nitrogen and oxygen atoms in total. The van der Waals surface area contributed by atoms with Crippen LogP contribution >= 0.6 is 0 Å². The fourth-order valence-electron chi connectivity index (χ4n) is 2.56. The van der Waals surface area contributed by atoms with Gasteiger partial charge in [0, 0.05) is 25.2 Å². The minimum Gasteiger partial charge on any atom is -0.468 e. The fourth-order valence-corrected chi connectivity index (χ4v) is 2.56. The van der Waals surface area contributed by atoms with E-state index in [1.165, 1.54) is 5.56 Å². The zero-order valence-corrected chi connectivity index (χ0v) is 11.6. The second kappa shape index (κ2) is 6.36. The molecule has 1 aliphatic heterocycles. The maximum atomic E-state index is 5.75. The van der Waals surface area contributed by atoms with Gasteiger partial charge in [0.2, 0.25) is 0 Å². The minimum atomic E-state index is 0.317. The first-order valence-electron chi connectivity index (χ1n) is 6.82. The van der Waals surface area contributed by atoms with E-state index in [-0.39, 0.29) is 0 Å². The second-order valence-electron chi connectivity index (χ2n) is 5.10. The standard InChI is InChI=1S/C14H24N2O2/c1-4-15-7-14-13(5-6-17-14)10-16-8-11(2)18-12(3)9-16/h5-6,11-12,15H,4,7-10H2,1-3H3. The number of morpholine rings is 1. The third kappa shape index (κ3) is 3.57. The predicted molar refractivity (Wildman–Crippen MR) is 71.4 cm³/mol. The summed E-state index contributed by atoms with van der Waals surface area (Å²) in [4.78, 5) is 2.44. The highest BCUT2D eigenvalue weighted by atomic mass is 16.5. The molecular weight excluding hydrogens is 228 g/mol. The van der Waals surface area contributed by atoms with Gasteiger partial charge >= 0.3 is 0 Å². The van der Waals surface area contributed by atoms with Gasteiger partial charge in [0.1, 0.15) is 5.76 Å². The number of nitrogens with zero attached hydrogens (tertiary/aromatic N) is 1. The number of hydrogen-bond acceptors (Lipinski definition) is 4. The van der Waals surface area contributed by atoms with Crippen LogP contribution in [-0.4, -0.2) is 36.7 Å². The van der Waals surface area contributed by atoms with Gasteiger partial charge in [0.15, 0.2) is 0 Å². The normalized spacial score (nSPS) is 25.5. The molecule has 0 amide bonds. The molecule has 1 fully saturated rings. The Morgan fingerprint density at radius 3 is 2.72 bits per heavy atom. The van der Waals surface area contributed by atoms with E-state index in [2.05, 4.69) is 37.1 Å². The van der Waals surface area contributed by atoms with Crippen LogP contribution < -0.4 is 5.32 Å². The number of rotatable bonds is 5. The van der Waals surface area contributed by atoms with E-state index < -0.39 is 0 Å². The van der Waals surface area contributed by atoms with Crippen molar-refractivity contribution in [3.63, 3.8) is 0 Å². The fraction of sp³-hybridized carbons (Fsp3) is 0.714. The molecule has 4 heteroatoms. The van der Waals surface area contributed by atoms with Crippen molar-refractivity contribution in [2.75, 3.05) is 19.6 Å². The summed E-state index contributed by atoms with van der Waals surface area (Å²) in [5, 5.41) is 3.31. The first kappa shape index (κ1) is 13.6. The van der Waals surface area contributed by atoms with E-state index in [0.717, 1.165) is 38.5 Å². The van der Waals surface area contributed by atoms with E-state index in [0.29, 0.717) is 12.2 Å². The Bertz CT molecular complexity index is 354. The summed E-state index contributed by atoms with van der Waals surface area (Å²) in [6.07, 6.45) is 2.42. The topological polar surface area (TPSA) is 37.6 Å². The van der Waals surface area contributed by atoms with Crippen molar-refractivity contribution < 1.29 is 9.15 Å². The van der Waals surface area contributed by atoms with Gasteiger partial charge in [0.05, 0.1) is 25.0 Å². The smallest absolute Gasteiger partial charge is 0.122 e. The Balaban J connectivity index is 1.94. The van der Waals surface area contributed by atoms with Crippen molar-refractivity contribution in [2.45, 2.75) is 46.1 Å². The molecule has 0 saturated carbocycles. The largest absolute Gasteiger partial charge is 0.468 e. The molecule has 1 aromatic heterocycles. The molecule has 0 aliphatic carbocycles. The minimum absolute atomic E-state index is 0.317. The number of nitrogens with one attached hydrogen (secondary N) is 1. The Hall–Kier alpha value is -0.840. The first-order valence-corrected chi connectivity index (χ1v) is 6.82. The number of hydrogen-bond donors (Lipinski definition) is 1. The van der Waals surface area contributed by atoms with Crippen LogP contribution in [0.25, 0.3) is 0 Å². The van der Waals surface area contributed by atoms with Crippen molar-refractivity contribution in [1.82, 2.24) is 10.2 Å². The van der Waals surface area contributed by atoms with Crippen molar-refractivity contribution in [2.24, 2.45) is 0 Å². The van der Waals surface area contributed by atoms with Crippen LogP contribution in [0.4, 0.5) is 0 Å². The predicted octanol–water partition coefficient (Wildman–Crippen LogP) is 2.00. The van der Waals surface area contributed by atoms with Crippen LogP contribution in [-0.2, 0) is 17.8 Å². The molecule has 1 aromatic rings. The molecule has 1 N–H and O–H groups in total. The lowest BCUT2D eigenvalue weighted by atomic mass is 10.2. The number of furan rings is 1. The van der Waals surface area contributed by atoms with Crippen LogP contribution in [0.3, 0.4) is 0 Å². The summed E-state index contributed by atoms with van der Waals surface area (Å²) < 4.78 is 11.3. The molecule has 2 atom stereocenters. The Morgan fingerprint density at radius 1 is 1.33 bits per heavy atom. The molecule has 102 valence electrons. The quantitative estimate of drug-likeness (QED) is 0.870.